The molecule has 0 bridgehead atoms. The van der Waals surface area contributed by atoms with Crippen molar-refractivity contribution < 1.29 is 27.5 Å². The molecule has 1 aliphatic heterocycles. The van der Waals surface area contributed by atoms with E-state index in [4.69, 9.17) is 4.74 Å². The van der Waals surface area contributed by atoms with Gasteiger partial charge in [-0.05, 0) is 25.8 Å². The molecule has 7 nitrogen and oxygen atoms in total. The molecule has 3 heterocycles. The molecule has 0 atom stereocenters. The second-order valence-electron chi connectivity index (χ2n) is 6.34. The van der Waals surface area contributed by atoms with E-state index in [1.165, 1.54) is 11.3 Å². The number of alkyl halides is 3. The summed E-state index contributed by atoms with van der Waals surface area (Å²) in [6, 6.07) is 0.850. The molecule has 28 heavy (non-hydrogen) atoms. The SMILES string of the molecule is CCOC(=O)c1csc(C2CCN(C(=O)Cn3ccc(C(F)(F)F)n3)CC2)n1. The highest BCUT2D eigenvalue weighted by atomic mass is 32.1. The van der Waals surface area contributed by atoms with Crippen LogP contribution in [0.1, 0.15) is 46.9 Å². The van der Waals surface area contributed by atoms with E-state index in [1.54, 1.807) is 17.2 Å². The van der Waals surface area contributed by atoms with Crippen molar-refractivity contribution in [3.63, 3.8) is 0 Å². The molecule has 0 unspecified atom stereocenters. The van der Waals surface area contributed by atoms with Gasteiger partial charge in [-0.15, -0.1) is 11.3 Å². The van der Waals surface area contributed by atoms with Gasteiger partial charge in [-0.1, -0.05) is 0 Å². The fourth-order valence-corrected chi connectivity index (χ4v) is 3.95. The van der Waals surface area contributed by atoms with Crippen LogP contribution in [-0.2, 0) is 22.3 Å². The lowest BCUT2D eigenvalue weighted by Gasteiger charge is -2.31. The van der Waals surface area contributed by atoms with E-state index < -0.39 is 17.8 Å². The van der Waals surface area contributed by atoms with Crippen molar-refractivity contribution in [2.45, 2.75) is 38.4 Å². The number of halogens is 3. The van der Waals surface area contributed by atoms with Gasteiger partial charge in [0.2, 0.25) is 5.91 Å². The van der Waals surface area contributed by atoms with Crippen LogP contribution in [-0.4, -0.2) is 51.2 Å². The summed E-state index contributed by atoms with van der Waals surface area (Å²) in [5, 5.41) is 5.90. The highest BCUT2D eigenvalue weighted by molar-refractivity contribution is 7.09. The Morgan fingerprint density at radius 1 is 1.32 bits per heavy atom. The van der Waals surface area contributed by atoms with Gasteiger partial charge in [0.15, 0.2) is 11.4 Å². The van der Waals surface area contributed by atoms with Crippen molar-refractivity contribution in [1.29, 1.82) is 0 Å². The standard InChI is InChI=1S/C17H19F3N4O3S/c1-2-27-16(26)12-10-28-15(21-12)11-3-6-23(7-4-11)14(25)9-24-8-5-13(22-24)17(18,19)20/h5,8,10-11H,2-4,6-7,9H2,1H3. The second kappa shape index (κ2) is 8.29. The van der Waals surface area contributed by atoms with Gasteiger partial charge in [-0.25, -0.2) is 9.78 Å². The number of thiazole rings is 1. The molecule has 1 amide bonds. The van der Waals surface area contributed by atoms with Crippen LogP contribution < -0.4 is 0 Å². The van der Waals surface area contributed by atoms with Crippen LogP contribution in [0.25, 0.3) is 0 Å². The molecule has 2 aromatic rings. The largest absolute Gasteiger partial charge is 0.461 e. The number of carbonyl (C=O) groups excluding carboxylic acids is 2. The summed E-state index contributed by atoms with van der Waals surface area (Å²) < 4.78 is 43.7. The molecule has 152 valence electrons. The quantitative estimate of drug-likeness (QED) is 0.701. The molecule has 11 heteroatoms. The summed E-state index contributed by atoms with van der Waals surface area (Å²) in [7, 11) is 0. The lowest BCUT2D eigenvalue weighted by Crippen LogP contribution is -2.39. The van der Waals surface area contributed by atoms with Crippen LogP contribution in [0.2, 0.25) is 0 Å². The van der Waals surface area contributed by atoms with Crippen molar-refractivity contribution in [3.05, 3.63) is 34.0 Å². The Balaban J connectivity index is 1.53. The maximum atomic E-state index is 12.6. The number of rotatable bonds is 5. The number of aromatic nitrogens is 3. The molecule has 0 aliphatic carbocycles. The zero-order valence-electron chi connectivity index (χ0n) is 15.1. The minimum absolute atomic E-state index is 0.138. The molecule has 1 fully saturated rings. The van der Waals surface area contributed by atoms with Gasteiger partial charge < -0.3 is 9.64 Å². The van der Waals surface area contributed by atoms with Crippen molar-refractivity contribution in [2.75, 3.05) is 19.7 Å². The van der Waals surface area contributed by atoms with Crippen LogP contribution in [0.5, 0.6) is 0 Å². The summed E-state index contributed by atoms with van der Waals surface area (Å²) in [6.07, 6.45) is -2.02. The third-order valence-corrected chi connectivity index (χ3v) is 5.44. The Labute approximate surface area is 163 Å². The Morgan fingerprint density at radius 3 is 2.64 bits per heavy atom. The number of esters is 1. The molecule has 2 aromatic heterocycles. The summed E-state index contributed by atoms with van der Waals surface area (Å²) in [4.78, 5) is 30.0. The lowest BCUT2D eigenvalue weighted by atomic mass is 9.97. The number of ether oxygens (including phenoxy) is 1. The summed E-state index contributed by atoms with van der Waals surface area (Å²) in [5.74, 6) is -0.588. The van der Waals surface area contributed by atoms with Crippen molar-refractivity contribution in [2.24, 2.45) is 0 Å². The Bertz CT molecular complexity index is 841. The molecular formula is C17H19F3N4O3S. The Kier molecular flexibility index (Phi) is 6.01. The van der Waals surface area contributed by atoms with Gasteiger partial charge in [-0.3, -0.25) is 9.48 Å². The number of piperidine rings is 1. The first-order chi connectivity index (χ1) is 13.3. The number of hydrogen-bond acceptors (Lipinski definition) is 6. The van der Waals surface area contributed by atoms with E-state index in [0.29, 0.717) is 31.6 Å². The molecule has 0 radical (unpaired) electrons. The van der Waals surface area contributed by atoms with Gasteiger partial charge in [0.05, 0.1) is 11.6 Å². The van der Waals surface area contributed by atoms with Crippen LogP contribution in [0.15, 0.2) is 17.6 Å². The van der Waals surface area contributed by atoms with E-state index in [2.05, 4.69) is 10.1 Å². The molecule has 3 rings (SSSR count). The second-order valence-corrected chi connectivity index (χ2v) is 7.23. The normalized spacial score (nSPS) is 15.6. The highest BCUT2D eigenvalue weighted by Gasteiger charge is 2.34. The average molecular weight is 416 g/mol. The summed E-state index contributed by atoms with van der Waals surface area (Å²) >= 11 is 1.39. The predicted octanol–water partition coefficient (Wildman–Crippen LogP) is 2.94. The van der Waals surface area contributed by atoms with E-state index in [9.17, 15) is 22.8 Å². The molecule has 0 aromatic carbocycles. The van der Waals surface area contributed by atoms with Crippen LogP contribution >= 0.6 is 11.3 Å². The zero-order chi connectivity index (χ0) is 20.3. The molecule has 0 N–H and O–H groups in total. The predicted molar refractivity (Wildman–Crippen MR) is 93.9 cm³/mol. The van der Waals surface area contributed by atoms with E-state index in [0.717, 1.165) is 22.0 Å². The summed E-state index contributed by atoms with van der Waals surface area (Å²) in [5.41, 5.74) is -0.723. The fourth-order valence-electron chi connectivity index (χ4n) is 2.99. The molecule has 0 spiro atoms. The summed E-state index contributed by atoms with van der Waals surface area (Å²) in [6.45, 7) is 2.74. The number of carbonyl (C=O) groups is 2. The molecular weight excluding hydrogens is 397 g/mol. The monoisotopic (exact) mass is 416 g/mol. The molecule has 1 saturated heterocycles. The Hall–Kier alpha value is -2.43. The van der Waals surface area contributed by atoms with Gasteiger partial charge in [0, 0.05) is 30.6 Å². The van der Waals surface area contributed by atoms with Gasteiger partial charge in [0.1, 0.15) is 6.54 Å². The van der Waals surface area contributed by atoms with Crippen molar-refractivity contribution in [3.8, 4) is 0 Å². The third kappa shape index (κ3) is 4.70. The average Bonchev–Trinajstić information content (AvgIpc) is 3.31. The van der Waals surface area contributed by atoms with E-state index >= 15 is 0 Å². The molecule has 1 aliphatic rings. The lowest BCUT2D eigenvalue weighted by molar-refractivity contribution is -0.142. The number of nitrogens with zero attached hydrogens (tertiary/aromatic N) is 4. The zero-order valence-corrected chi connectivity index (χ0v) is 15.9. The smallest absolute Gasteiger partial charge is 0.435 e. The van der Waals surface area contributed by atoms with Crippen LogP contribution in [0, 0.1) is 0 Å². The van der Waals surface area contributed by atoms with Gasteiger partial charge in [0.25, 0.3) is 0 Å². The molecule has 0 saturated carbocycles. The minimum atomic E-state index is -4.53. The van der Waals surface area contributed by atoms with Gasteiger partial charge in [-0.2, -0.15) is 18.3 Å². The van der Waals surface area contributed by atoms with E-state index in [-0.39, 0.29) is 25.0 Å². The van der Waals surface area contributed by atoms with Crippen molar-refractivity contribution >= 4 is 23.2 Å². The minimum Gasteiger partial charge on any atom is -0.461 e. The number of amides is 1. The topological polar surface area (TPSA) is 77.3 Å². The first-order valence-electron chi connectivity index (χ1n) is 8.79. The van der Waals surface area contributed by atoms with Gasteiger partial charge >= 0.3 is 12.1 Å². The van der Waals surface area contributed by atoms with Crippen LogP contribution in [0.3, 0.4) is 0 Å². The highest BCUT2D eigenvalue weighted by Crippen LogP contribution is 2.31. The third-order valence-electron chi connectivity index (χ3n) is 4.43. The van der Waals surface area contributed by atoms with Crippen molar-refractivity contribution in [1.82, 2.24) is 19.7 Å². The fraction of sp³-hybridized carbons (Fsp3) is 0.529. The maximum Gasteiger partial charge on any atom is 0.435 e. The van der Waals surface area contributed by atoms with E-state index in [1.807, 2.05) is 0 Å². The first-order valence-corrected chi connectivity index (χ1v) is 9.67. The Morgan fingerprint density at radius 2 is 2.04 bits per heavy atom. The number of hydrogen-bond donors (Lipinski definition) is 0. The number of likely N-dealkylation sites (tertiary alicyclic amines) is 1. The maximum absolute atomic E-state index is 12.6. The van der Waals surface area contributed by atoms with Crippen LogP contribution in [0.4, 0.5) is 13.2 Å². The first kappa shape index (κ1) is 20.3.